The lowest BCUT2D eigenvalue weighted by molar-refractivity contribution is 0.0851. The zero-order chi connectivity index (χ0) is 12.0. The molecule has 86 valence electrons. The Morgan fingerprint density at radius 2 is 1.94 bits per heavy atom. The zero-order valence-corrected chi connectivity index (χ0v) is 9.93. The Hall–Kier alpha value is -1.13. The summed E-state index contributed by atoms with van der Waals surface area (Å²) < 4.78 is 1.02. The molecule has 0 aromatic heterocycles. The molecule has 0 bridgehead atoms. The van der Waals surface area contributed by atoms with Gasteiger partial charge in [0.15, 0.2) is 11.5 Å². The molecule has 1 aliphatic rings. The topological polar surface area (TPSA) is 60.8 Å². The number of rotatable bonds is 0. The van der Waals surface area contributed by atoms with Gasteiger partial charge in [-0.2, -0.15) is 0 Å². The van der Waals surface area contributed by atoms with E-state index in [1.54, 1.807) is 6.92 Å². The van der Waals surface area contributed by atoms with Crippen molar-refractivity contribution < 1.29 is 15.0 Å². The van der Waals surface area contributed by atoms with Crippen molar-refractivity contribution in [1.82, 2.24) is 4.42 Å². The highest BCUT2D eigenvalue weighted by atomic mass is 35.5. The molecule has 1 aromatic carbocycles. The third-order valence-corrected chi connectivity index (χ3v) is 3.44. The second-order valence-corrected chi connectivity index (χ2v) is 4.42. The summed E-state index contributed by atoms with van der Waals surface area (Å²) in [6.07, 6.45) is 0.504. The summed E-state index contributed by atoms with van der Waals surface area (Å²) in [6, 6.07) is 0. The van der Waals surface area contributed by atoms with E-state index in [1.165, 1.54) is 0 Å². The average Bonchev–Trinajstić information content (AvgIpc) is 2.27. The highest BCUT2D eigenvalue weighted by Crippen LogP contribution is 2.43. The molecule has 16 heavy (non-hydrogen) atoms. The second-order valence-electron chi connectivity index (χ2n) is 3.63. The number of carbonyl (C=O) groups excluding carboxylic acids is 1. The third-order valence-electron chi connectivity index (χ3n) is 2.75. The van der Waals surface area contributed by atoms with Gasteiger partial charge in [-0.3, -0.25) is 9.21 Å². The summed E-state index contributed by atoms with van der Waals surface area (Å²) in [5.41, 5.74) is 1.29. The minimum absolute atomic E-state index is 0.145. The maximum atomic E-state index is 11.8. The molecule has 0 aliphatic carbocycles. The van der Waals surface area contributed by atoms with Crippen LogP contribution in [0.2, 0.25) is 5.02 Å². The molecule has 6 heteroatoms. The molecule has 4 nitrogen and oxygen atoms in total. The highest BCUT2D eigenvalue weighted by Gasteiger charge is 2.31. The van der Waals surface area contributed by atoms with E-state index in [2.05, 4.69) is 0 Å². The molecule has 0 saturated carbocycles. The average molecular weight is 262 g/mol. The van der Waals surface area contributed by atoms with Gasteiger partial charge in [0.1, 0.15) is 0 Å². The van der Waals surface area contributed by atoms with E-state index in [1.807, 2.05) is 0 Å². The van der Waals surface area contributed by atoms with Gasteiger partial charge in [-0.05, 0) is 24.5 Å². The van der Waals surface area contributed by atoms with Gasteiger partial charge in [-0.1, -0.05) is 11.6 Å². The molecule has 0 spiro atoms. The van der Waals surface area contributed by atoms with E-state index in [0.29, 0.717) is 24.1 Å². The van der Waals surface area contributed by atoms with E-state index < -0.39 is 11.7 Å². The summed E-state index contributed by atoms with van der Waals surface area (Å²) in [6.45, 7) is 1.98. The van der Waals surface area contributed by atoms with Crippen molar-refractivity contribution in [3.8, 4) is 11.5 Å². The molecule has 1 aromatic rings. The summed E-state index contributed by atoms with van der Waals surface area (Å²) in [4.78, 5) is 11.8. The van der Waals surface area contributed by atoms with E-state index in [0.717, 1.165) is 4.42 Å². The number of carbonyl (C=O) groups is 1. The van der Waals surface area contributed by atoms with Gasteiger partial charge in [0.2, 0.25) is 0 Å². The van der Waals surface area contributed by atoms with Crippen molar-refractivity contribution in [3.05, 3.63) is 21.7 Å². The molecule has 1 heterocycles. The highest BCUT2D eigenvalue weighted by molar-refractivity contribution is 6.37. The van der Waals surface area contributed by atoms with E-state index >= 15 is 0 Å². The molecule has 0 unspecified atom stereocenters. The monoisotopic (exact) mass is 261 g/mol. The van der Waals surface area contributed by atoms with Gasteiger partial charge >= 0.3 is 0 Å². The van der Waals surface area contributed by atoms with Crippen molar-refractivity contribution in [2.75, 3.05) is 6.54 Å². The number of hydrogen-bond acceptors (Lipinski definition) is 3. The van der Waals surface area contributed by atoms with E-state index in [-0.39, 0.29) is 16.3 Å². The molecule has 1 aliphatic heterocycles. The first kappa shape index (κ1) is 11.4. The standard InChI is InChI=1S/C10H9Cl2NO3/c1-4-5-2-3-13(12)10(16)6(5)7(11)9(15)8(4)14/h14-15H,2-3H2,1H3. The van der Waals surface area contributed by atoms with Gasteiger partial charge < -0.3 is 10.2 Å². The molecule has 0 fully saturated rings. The smallest absolute Gasteiger partial charge is 0.270 e. The van der Waals surface area contributed by atoms with Crippen LogP contribution in [-0.2, 0) is 6.42 Å². The quantitative estimate of drug-likeness (QED) is 0.556. The van der Waals surface area contributed by atoms with Crippen LogP contribution in [0.5, 0.6) is 11.5 Å². The van der Waals surface area contributed by atoms with Gasteiger partial charge in [-0.25, -0.2) is 0 Å². The van der Waals surface area contributed by atoms with Crippen molar-refractivity contribution in [2.24, 2.45) is 0 Å². The van der Waals surface area contributed by atoms with Gasteiger partial charge in [0, 0.05) is 18.3 Å². The number of fused-ring (bicyclic) bond motifs is 1. The Labute approximate surface area is 102 Å². The lowest BCUT2D eigenvalue weighted by atomic mass is 9.94. The van der Waals surface area contributed by atoms with Crippen LogP contribution in [0, 0.1) is 6.92 Å². The second kappa shape index (κ2) is 3.71. The minimum Gasteiger partial charge on any atom is -0.504 e. The predicted molar refractivity (Wildman–Crippen MR) is 60.1 cm³/mol. The number of amides is 1. The minimum atomic E-state index is -0.474. The molecule has 2 rings (SSSR count). The number of hydrogen-bond donors (Lipinski definition) is 2. The number of nitrogens with zero attached hydrogens (tertiary/aromatic N) is 1. The normalized spacial score (nSPS) is 15.2. The van der Waals surface area contributed by atoms with E-state index in [4.69, 9.17) is 23.4 Å². The molecule has 0 saturated heterocycles. The summed E-state index contributed by atoms with van der Waals surface area (Å²) in [5.74, 6) is -1.20. The molecular weight excluding hydrogens is 253 g/mol. The SMILES string of the molecule is Cc1c(O)c(O)c(Cl)c2c1CCN(Cl)C2=O. The summed E-state index contributed by atoms with van der Waals surface area (Å²) in [7, 11) is 0. The fourth-order valence-corrected chi connectivity index (χ4v) is 2.28. The van der Waals surface area contributed by atoms with Crippen molar-refractivity contribution in [2.45, 2.75) is 13.3 Å². The van der Waals surface area contributed by atoms with Crippen molar-refractivity contribution in [1.29, 1.82) is 0 Å². The first-order valence-electron chi connectivity index (χ1n) is 4.65. The molecular formula is C10H9Cl2NO3. The Bertz CT molecular complexity index is 488. The fourth-order valence-electron chi connectivity index (χ4n) is 1.83. The molecule has 2 N–H and O–H groups in total. The van der Waals surface area contributed by atoms with Crippen LogP contribution in [0.25, 0.3) is 0 Å². The number of benzene rings is 1. The first-order valence-corrected chi connectivity index (χ1v) is 5.37. The largest absolute Gasteiger partial charge is 0.504 e. The number of phenols is 2. The van der Waals surface area contributed by atoms with Crippen LogP contribution >= 0.6 is 23.4 Å². The van der Waals surface area contributed by atoms with Crippen molar-refractivity contribution in [3.63, 3.8) is 0 Å². The van der Waals surface area contributed by atoms with Crippen LogP contribution in [0.3, 0.4) is 0 Å². The van der Waals surface area contributed by atoms with Gasteiger partial charge in [0.05, 0.1) is 10.6 Å². The third kappa shape index (κ3) is 1.41. The van der Waals surface area contributed by atoms with Gasteiger partial charge in [0.25, 0.3) is 5.91 Å². The zero-order valence-electron chi connectivity index (χ0n) is 8.42. The Morgan fingerprint density at radius 3 is 2.56 bits per heavy atom. The number of halogens is 2. The van der Waals surface area contributed by atoms with Crippen LogP contribution in [0.1, 0.15) is 21.5 Å². The summed E-state index contributed by atoms with van der Waals surface area (Å²) in [5, 5.41) is 19.0. The first-order chi connectivity index (χ1) is 7.45. The number of phenolic OH excluding ortho intramolecular Hbond substituents is 2. The molecule has 1 amide bonds. The van der Waals surface area contributed by atoms with Crippen LogP contribution in [0.15, 0.2) is 0 Å². The number of aromatic hydroxyl groups is 2. The van der Waals surface area contributed by atoms with Gasteiger partial charge in [-0.15, -0.1) is 0 Å². The Kier molecular flexibility index (Phi) is 2.64. The van der Waals surface area contributed by atoms with E-state index in [9.17, 15) is 15.0 Å². The van der Waals surface area contributed by atoms with Crippen LogP contribution in [0.4, 0.5) is 0 Å². The maximum Gasteiger partial charge on any atom is 0.270 e. The molecule has 0 radical (unpaired) electrons. The van der Waals surface area contributed by atoms with Crippen molar-refractivity contribution >= 4 is 29.3 Å². The predicted octanol–water partition coefficient (Wildman–Crippen LogP) is 2.21. The summed E-state index contributed by atoms with van der Waals surface area (Å²) >= 11 is 11.5. The van der Waals surface area contributed by atoms with Crippen LogP contribution < -0.4 is 0 Å². The lowest BCUT2D eigenvalue weighted by Gasteiger charge is -2.25. The van der Waals surface area contributed by atoms with Crippen LogP contribution in [-0.4, -0.2) is 27.1 Å². The Morgan fingerprint density at radius 1 is 1.31 bits per heavy atom. The molecule has 0 atom stereocenters. The fraction of sp³-hybridized carbons (Fsp3) is 0.300. The lowest BCUT2D eigenvalue weighted by Crippen LogP contribution is -2.31. The Balaban J connectivity index is 2.77. The maximum absolute atomic E-state index is 11.8.